The lowest BCUT2D eigenvalue weighted by molar-refractivity contribution is -0.134. The van der Waals surface area contributed by atoms with Crippen molar-refractivity contribution in [2.45, 2.75) is 56.0 Å². The topological polar surface area (TPSA) is 155 Å². The molecule has 3 aromatic heterocycles. The number of carbonyl (C=O) groups is 2. The first kappa shape index (κ1) is 37.7. The van der Waals surface area contributed by atoms with E-state index in [9.17, 15) is 14.4 Å². The number of ether oxygens (including phenoxy) is 1. The number of alkyl halides is 2. The summed E-state index contributed by atoms with van der Waals surface area (Å²) in [6, 6.07) is 10.9. The molecule has 15 nitrogen and oxygen atoms in total. The third-order valence-corrected chi connectivity index (χ3v) is 13.0. The smallest absolute Gasteiger partial charge is 0.301 e. The van der Waals surface area contributed by atoms with Crippen LogP contribution in [0.2, 0.25) is 5.02 Å². The summed E-state index contributed by atoms with van der Waals surface area (Å²) in [4.78, 5) is 54.0. The van der Waals surface area contributed by atoms with E-state index in [4.69, 9.17) is 26.4 Å². The van der Waals surface area contributed by atoms with Crippen molar-refractivity contribution in [3.8, 4) is 5.75 Å². The zero-order valence-electron chi connectivity index (χ0n) is 32.7. The van der Waals surface area contributed by atoms with E-state index in [1.807, 2.05) is 11.7 Å². The summed E-state index contributed by atoms with van der Waals surface area (Å²) in [6.07, 6.45) is 4.78. The Kier molecular flexibility index (Phi) is 9.15. The number of carbonyl (C=O) groups excluding carboxylic acids is 2. The summed E-state index contributed by atoms with van der Waals surface area (Å²) in [5, 5.41) is 15.3. The van der Waals surface area contributed by atoms with Crippen LogP contribution in [0.4, 0.5) is 37.6 Å². The van der Waals surface area contributed by atoms with Gasteiger partial charge in [-0.05, 0) is 68.0 Å². The molecule has 10 rings (SSSR count). The van der Waals surface area contributed by atoms with Gasteiger partial charge >= 0.3 is 5.92 Å². The van der Waals surface area contributed by atoms with E-state index in [1.165, 1.54) is 4.57 Å². The second kappa shape index (κ2) is 14.3. The van der Waals surface area contributed by atoms with Crippen molar-refractivity contribution >= 4 is 74.0 Å². The number of aromatic nitrogens is 5. The van der Waals surface area contributed by atoms with E-state index in [0.717, 1.165) is 62.3 Å². The minimum absolute atomic E-state index is 0.111. The predicted octanol–water partition coefficient (Wildman–Crippen LogP) is 4.75. The molecule has 59 heavy (non-hydrogen) atoms. The highest BCUT2D eigenvalue weighted by molar-refractivity contribution is 6.33. The summed E-state index contributed by atoms with van der Waals surface area (Å²) < 4.78 is 39.1. The molecule has 5 aliphatic rings. The molecule has 2 amide bonds. The van der Waals surface area contributed by atoms with Gasteiger partial charge in [-0.15, -0.1) is 0 Å². The maximum Gasteiger partial charge on any atom is 0.301 e. The molecule has 4 aliphatic heterocycles. The molecule has 1 aliphatic carbocycles. The Morgan fingerprint density at radius 2 is 1.75 bits per heavy atom. The fraction of sp³-hybridized carbons (Fsp3) is 0.463. The second-order valence-electron chi connectivity index (χ2n) is 16.4. The number of piperazine rings is 1. The molecule has 5 aromatic rings. The van der Waals surface area contributed by atoms with E-state index in [0.29, 0.717) is 70.8 Å². The van der Waals surface area contributed by atoms with Gasteiger partial charge in [0, 0.05) is 88.0 Å². The number of rotatable bonds is 7. The van der Waals surface area contributed by atoms with Crippen molar-refractivity contribution in [2.24, 2.45) is 20.0 Å². The lowest BCUT2D eigenvalue weighted by atomic mass is 9.93. The van der Waals surface area contributed by atoms with Crippen molar-refractivity contribution < 1.29 is 23.1 Å². The number of hydrogen-bond donors (Lipinski definition) is 3. The van der Waals surface area contributed by atoms with Crippen molar-refractivity contribution in [1.29, 1.82) is 0 Å². The molecule has 18 heteroatoms. The largest absolute Gasteiger partial charge is 0.480 e. The van der Waals surface area contributed by atoms with Gasteiger partial charge in [0.15, 0.2) is 12.4 Å². The van der Waals surface area contributed by atoms with E-state index in [2.05, 4.69) is 53.8 Å². The molecule has 0 bridgehead atoms. The van der Waals surface area contributed by atoms with Gasteiger partial charge in [0.05, 0.1) is 40.6 Å². The Bertz CT molecular complexity index is 2590. The average Bonchev–Trinajstić information content (AvgIpc) is 3.88. The lowest BCUT2D eigenvalue weighted by Crippen LogP contribution is -2.51. The Hall–Kier alpha value is -5.55. The number of benzene rings is 2. The number of fused-ring (bicyclic) bond motifs is 4. The average molecular weight is 828 g/mol. The van der Waals surface area contributed by atoms with Crippen LogP contribution in [0.5, 0.6) is 5.75 Å². The number of anilines is 5. The van der Waals surface area contributed by atoms with Gasteiger partial charge in [-0.2, -0.15) is 10.1 Å². The standard InChI is InChI=1S/C41H44ClF2N11O4/c1-51-30-9-5-23(17-28(30)34-35(39(51)58)59-21-41(43,44)36(48-34)22-3-4-22)46-37-29(42)19-45-40(49-37)54-15-13-53(14-16-54)25-11-12-55(20-25)24-6-7-26-31(18-24)52(2)50-33(26)27-8-10-32(56)47-38(27)57/h5-7,9,17-19,22,25,27,36,48H,3-4,8,10-16,20-21H2,1-2H3,(H,45,46,49)(H,47,56,57). The van der Waals surface area contributed by atoms with Crippen LogP contribution in [-0.4, -0.2) is 105 Å². The molecule has 2 aromatic carbocycles. The molecular weight excluding hydrogens is 784 g/mol. The number of nitrogens with zero attached hydrogens (tertiary/aromatic N) is 8. The van der Waals surface area contributed by atoms with E-state index in [-0.39, 0.29) is 29.2 Å². The highest BCUT2D eigenvalue weighted by Gasteiger charge is 2.51. The zero-order chi connectivity index (χ0) is 40.7. The van der Waals surface area contributed by atoms with Crippen LogP contribution in [0.15, 0.2) is 47.4 Å². The maximum absolute atomic E-state index is 15.2. The van der Waals surface area contributed by atoms with Crippen LogP contribution in [0.25, 0.3) is 21.8 Å². The number of nitrogens with one attached hydrogen (secondary N) is 3. The Morgan fingerprint density at radius 1 is 0.932 bits per heavy atom. The summed E-state index contributed by atoms with van der Waals surface area (Å²) in [5.74, 6) is -3.44. The van der Waals surface area contributed by atoms with Crippen molar-refractivity contribution in [3.05, 3.63) is 63.7 Å². The summed E-state index contributed by atoms with van der Waals surface area (Å²) >= 11 is 6.63. The number of aryl methyl sites for hydroxylation is 2. The third kappa shape index (κ3) is 6.77. The Labute approximate surface area is 342 Å². The van der Waals surface area contributed by atoms with E-state index < -0.39 is 30.0 Å². The zero-order valence-corrected chi connectivity index (χ0v) is 33.4. The van der Waals surface area contributed by atoms with Gasteiger partial charge in [-0.1, -0.05) is 11.6 Å². The van der Waals surface area contributed by atoms with Crippen LogP contribution < -0.4 is 36.0 Å². The normalized spacial score (nSPS) is 23.5. The highest BCUT2D eigenvalue weighted by Crippen LogP contribution is 2.46. The predicted molar refractivity (Wildman–Crippen MR) is 220 cm³/mol. The first-order valence-corrected chi connectivity index (χ1v) is 20.6. The Balaban J connectivity index is 0.811. The molecule has 3 saturated heterocycles. The van der Waals surface area contributed by atoms with Gasteiger partial charge < -0.3 is 29.7 Å². The van der Waals surface area contributed by atoms with Crippen LogP contribution in [0, 0.1) is 5.92 Å². The summed E-state index contributed by atoms with van der Waals surface area (Å²) in [6.45, 7) is 4.10. The van der Waals surface area contributed by atoms with Crippen LogP contribution >= 0.6 is 11.6 Å². The lowest BCUT2D eigenvalue weighted by Gasteiger charge is -2.38. The first-order valence-electron chi connectivity index (χ1n) is 20.2. The third-order valence-electron chi connectivity index (χ3n) is 12.7. The van der Waals surface area contributed by atoms with Gasteiger partial charge in [0.25, 0.3) is 5.56 Å². The molecular formula is C41H44ClF2N11O4. The maximum atomic E-state index is 15.2. The molecule has 3 N–H and O–H groups in total. The van der Waals surface area contributed by atoms with Gasteiger partial charge in [0.1, 0.15) is 5.02 Å². The van der Waals surface area contributed by atoms with Crippen molar-refractivity contribution in [3.63, 3.8) is 0 Å². The number of amides is 2. The van der Waals surface area contributed by atoms with Crippen LogP contribution in [-0.2, 0) is 23.7 Å². The van der Waals surface area contributed by atoms with E-state index in [1.54, 1.807) is 31.4 Å². The fourth-order valence-corrected chi connectivity index (χ4v) is 9.40. The van der Waals surface area contributed by atoms with Gasteiger partial charge in [0.2, 0.25) is 23.5 Å². The molecule has 0 radical (unpaired) electrons. The van der Waals surface area contributed by atoms with Crippen molar-refractivity contribution in [1.82, 2.24) is 34.5 Å². The number of pyridine rings is 1. The van der Waals surface area contributed by atoms with Crippen LogP contribution in [0.1, 0.15) is 43.7 Å². The monoisotopic (exact) mass is 827 g/mol. The Morgan fingerprint density at radius 3 is 2.53 bits per heavy atom. The quantitative estimate of drug-likeness (QED) is 0.194. The molecule has 1 saturated carbocycles. The number of imide groups is 1. The molecule has 0 spiro atoms. The molecule has 308 valence electrons. The van der Waals surface area contributed by atoms with Gasteiger partial charge in [-0.25, -0.2) is 13.8 Å². The molecule has 7 heterocycles. The number of hydrogen-bond acceptors (Lipinski definition) is 12. The second-order valence-corrected chi connectivity index (χ2v) is 16.8. The SMILES string of the molecule is Cn1nc(C2CCC(=O)NC2=O)c2ccc(N3CCC(N4CCN(c5ncc(Cl)c(Nc6ccc7c(c6)c6c(c(=O)n7C)OCC(F)(F)C(C7CC7)N6)n5)CC4)C3)cc21. The molecule has 4 fully saturated rings. The number of halogens is 3. The first-order chi connectivity index (χ1) is 28.4. The minimum atomic E-state index is -3.13. The van der Waals surface area contributed by atoms with Crippen molar-refractivity contribution in [2.75, 3.05) is 66.3 Å². The molecule has 3 unspecified atom stereocenters. The summed E-state index contributed by atoms with van der Waals surface area (Å²) in [5.41, 5.74) is 3.76. The summed E-state index contributed by atoms with van der Waals surface area (Å²) in [7, 11) is 3.49. The van der Waals surface area contributed by atoms with E-state index >= 15 is 8.78 Å². The number of piperidine rings is 1. The molecule has 3 atom stereocenters. The fourth-order valence-electron chi connectivity index (χ4n) is 9.26. The van der Waals surface area contributed by atoms with Crippen LogP contribution in [0.3, 0.4) is 0 Å². The van der Waals surface area contributed by atoms with Gasteiger partial charge in [-0.3, -0.25) is 29.3 Å². The minimum Gasteiger partial charge on any atom is -0.480 e. The highest BCUT2D eigenvalue weighted by atomic mass is 35.5.